The van der Waals surface area contributed by atoms with Gasteiger partial charge in [-0.05, 0) is 89.9 Å². The van der Waals surface area contributed by atoms with Gasteiger partial charge in [-0.3, -0.25) is 33.7 Å². The van der Waals surface area contributed by atoms with Gasteiger partial charge in [0, 0.05) is 73.5 Å². The normalized spacial score (nSPS) is 13.0. The lowest BCUT2D eigenvalue weighted by Crippen LogP contribution is -2.51. The largest absolute Gasteiger partial charge is 0.508 e. The molecule has 4 heterocycles. The van der Waals surface area contributed by atoms with Crippen LogP contribution in [0.4, 0.5) is 31.4 Å². The molecule has 1 unspecified atom stereocenters. The number of nitrogens with zero attached hydrogens (tertiary/aromatic N) is 5. The smallest absolute Gasteiger partial charge is 0.415 e. The number of fused-ring (bicyclic) bond motifs is 4. The minimum atomic E-state index is -1.07. The van der Waals surface area contributed by atoms with Gasteiger partial charge in [-0.25, -0.2) is 19.4 Å². The van der Waals surface area contributed by atoms with Crippen molar-refractivity contribution >= 4 is 92.6 Å². The van der Waals surface area contributed by atoms with Gasteiger partial charge in [0.05, 0.1) is 50.5 Å². The van der Waals surface area contributed by atoms with Gasteiger partial charge in [0.2, 0.25) is 11.8 Å². The molecule has 1 atom stereocenters. The number of ether oxygens (including phenoxy) is 4. The number of phenolic OH excluding ortho intramolecular Hbond substituents is 1. The molecule has 4 aromatic carbocycles. The number of aryl methyl sites for hydroxylation is 1. The number of aromatic nitrogens is 2. The fourth-order valence-electron chi connectivity index (χ4n) is 9.15. The summed E-state index contributed by atoms with van der Waals surface area (Å²) < 4.78 is 22.3. The lowest BCUT2D eigenvalue weighted by atomic mass is 9.97. The molecule has 25 nitrogen and oxygen atoms in total. The highest BCUT2D eigenvalue weighted by molar-refractivity contribution is 6.13. The number of hydrogen-bond donors (Lipinski definition) is 7. The monoisotopic (exact) mass is 1140 g/mol. The molecule has 0 radical (unpaired) electrons. The molecule has 2 aliphatic rings. The number of phenols is 1. The Kier molecular flexibility index (Phi) is 19.3. The van der Waals surface area contributed by atoms with Crippen LogP contribution in [0.1, 0.15) is 51.4 Å². The van der Waals surface area contributed by atoms with Crippen LogP contribution in [0.2, 0.25) is 0 Å². The molecular weight excluding hydrogens is 1080 g/mol. The van der Waals surface area contributed by atoms with Crippen molar-refractivity contribution in [2.75, 3.05) is 88.3 Å². The maximum absolute atomic E-state index is 14.3. The number of aromatic amines is 1. The van der Waals surface area contributed by atoms with E-state index in [4.69, 9.17) is 18.9 Å². The summed E-state index contributed by atoms with van der Waals surface area (Å²) in [6.07, 6.45) is 1.79. The molecule has 25 heteroatoms. The average Bonchev–Trinajstić information content (AvgIpc) is 4.39. The van der Waals surface area contributed by atoms with Crippen molar-refractivity contribution in [1.29, 1.82) is 0 Å². The van der Waals surface area contributed by atoms with Gasteiger partial charge >= 0.3 is 18.3 Å². The number of carbonyl (C=O) groups is 9. The van der Waals surface area contributed by atoms with E-state index < -0.39 is 66.3 Å². The summed E-state index contributed by atoms with van der Waals surface area (Å²) in [4.78, 5) is 129. The molecule has 83 heavy (non-hydrogen) atoms. The topological polar surface area (TPSA) is 321 Å². The van der Waals surface area contributed by atoms with E-state index in [1.165, 1.54) is 47.3 Å². The average molecular weight is 1140 g/mol. The van der Waals surface area contributed by atoms with Crippen molar-refractivity contribution in [1.82, 2.24) is 35.3 Å². The summed E-state index contributed by atoms with van der Waals surface area (Å²) in [7, 11) is 1.50. The van der Waals surface area contributed by atoms with E-state index in [0.29, 0.717) is 57.6 Å². The van der Waals surface area contributed by atoms with Crippen molar-refractivity contribution in [2.45, 2.75) is 39.8 Å². The number of rotatable bonds is 23. The van der Waals surface area contributed by atoms with Crippen molar-refractivity contribution in [3.63, 3.8) is 0 Å². The molecule has 2 aliphatic heterocycles. The van der Waals surface area contributed by atoms with Crippen molar-refractivity contribution in [3.8, 4) is 11.5 Å². The third kappa shape index (κ3) is 14.9. The minimum absolute atomic E-state index is 0.00869. The van der Waals surface area contributed by atoms with E-state index in [0.717, 1.165) is 33.6 Å². The van der Waals surface area contributed by atoms with Crippen molar-refractivity contribution in [2.24, 2.45) is 5.92 Å². The van der Waals surface area contributed by atoms with Gasteiger partial charge in [0.25, 0.3) is 23.6 Å². The Bertz CT molecular complexity index is 3460. The number of H-pyrrole nitrogens is 1. The van der Waals surface area contributed by atoms with Gasteiger partial charge in [0.15, 0.2) is 0 Å². The van der Waals surface area contributed by atoms with E-state index in [-0.39, 0.29) is 82.3 Å². The Morgan fingerprint density at radius 2 is 1.58 bits per heavy atom. The predicted octanol–water partition coefficient (Wildman–Crippen LogP) is 4.99. The van der Waals surface area contributed by atoms with E-state index >= 15 is 0 Å². The second-order valence-corrected chi connectivity index (χ2v) is 19.7. The summed E-state index contributed by atoms with van der Waals surface area (Å²) in [5.41, 5.74) is 4.70. The third-order valence-electron chi connectivity index (χ3n) is 13.5. The highest BCUT2D eigenvalue weighted by Crippen LogP contribution is 2.42. The number of pyridine rings is 1. The molecule has 6 aromatic rings. The molecule has 0 bridgehead atoms. The number of likely N-dealkylation sites (N-methyl/N-ethyl adjacent to an activating group) is 1. The quantitative estimate of drug-likeness (QED) is 0.0328. The summed E-state index contributed by atoms with van der Waals surface area (Å²) in [6.45, 7) is 4.45. The molecule has 0 aliphatic carbocycles. The number of alkyl carbamates (subject to hydrolysis) is 1. The lowest BCUT2D eigenvalue weighted by Gasteiger charge is -2.26. The molecular formula is C58H62N10O15. The van der Waals surface area contributed by atoms with Gasteiger partial charge in [-0.2, -0.15) is 0 Å². The zero-order chi connectivity index (χ0) is 59.3. The Morgan fingerprint density at radius 1 is 0.831 bits per heavy atom. The Labute approximate surface area is 475 Å². The van der Waals surface area contributed by atoms with Crippen molar-refractivity contribution in [3.05, 3.63) is 131 Å². The third-order valence-corrected chi connectivity index (χ3v) is 13.5. The van der Waals surface area contributed by atoms with Crippen LogP contribution in [0.5, 0.6) is 11.5 Å². The molecule has 0 fully saturated rings. The second kappa shape index (κ2) is 27.1. The van der Waals surface area contributed by atoms with Crippen LogP contribution < -0.4 is 30.9 Å². The number of nitrogens with one attached hydrogen (secondary N) is 5. The first-order valence-corrected chi connectivity index (χ1v) is 26.5. The molecule has 0 spiro atoms. The maximum Gasteiger partial charge on any atom is 0.415 e. The van der Waals surface area contributed by atoms with Crippen molar-refractivity contribution < 1.29 is 72.3 Å². The number of anilines is 3. The number of aliphatic hydroxyl groups is 1. The summed E-state index contributed by atoms with van der Waals surface area (Å²) in [5.74, 6) is -3.21. The summed E-state index contributed by atoms with van der Waals surface area (Å²) in [5, 5.41) is 31.4. The SMILES string of the molecule is Cc1cccc2c(OC(=O)N(CCOCCO)CCN(C)C(=O)OCc3ccc(NC(=O)CNC(=O)C(NC(=O)OCCN4C(=O)C=CC4=O)C(C)C)cc3)cc3c(c12)CCN3C(=O)c1cc2cc(NC(=O)c3ccc(O)cc3)cnc2[nH]1. The number of imide groups is 1. The zero-order valence-electron chi connectivity index (χ0n) is 45.9. The molecule has 0 saturated heterocycles. The first kappa shape index (κ1) is 59.2. The van der Waals surface area contributed by atoms with E-state index in [1.807, 2.05) is 25.1 Å². The number of carbonyl (C=O) groups excluding carboxylic acids is 9. The van der Waals surface area contributed by atoms with Crippen LogP contribution in [-0.4, -0.2) is 167 Å². The van der Waals surface area contributed by atoms with Gasteiger partial charge < -0.3 is 70.1 Å². The summed E-state index contributed by atoms with van der Waals surface area (Å²) >= 11 is 0. The Hall–Kier alpha value is -9.88. The minimum Gasteiger partial charge on any atom is -0.508 e. The van der Waals surface area contributed by atoms with Crippen LogP contribution in [0, 0.1) is 12.8 Å². The first-order valence-electron chi connectivity index (χ1n) is 26.5. The molecule has 7 N–H and O–H groups in total. The van der Waals surface area contributed by atoms with Gasteiger partial charge in [0.1, 0.15) is 42.1 Å². The van der Waals surface area contributed by atoms with Crippen LogP contribution in [0.25, 0.3) is 21.8 Å². The Balaban J connectivity index is 0.840. The van der Waals surface area contributed by atoms with Gasteiger partial charge in [-0.15, -0.1) is 0 Å². The number of aromatic hydroxyl groups is 1. The van der Waals surface area contributed by atoms with Crippen LogP contribution in [-0.2, 0) is 46.4 Å². The van der Waals surface area contributed by atoms with Gasteiger partial charge in [-0.1, -0.05) is 44.2 Å². The highest BCUT2D eigenvalue weighted by Gasteiger charge is 2.32. The van der Waals surface area contributed by atoms with E-state index in [9.17, 15) is 53.4 Å². The molecule has 9 amide bonds. The zero-order valence-corrected chi connectivity index (χ0v) is 45.9. The molecule has 0 saturated carbocycles. The number of hydrogen-bond acceptors (Lipinski definition) is 16. The standard InChI is InChI=1S/C58H62N10O15/c1-34(2)51(64-56(77)81-26-23-68-48(72)16-17-49(68)73)54(75)60-32-47(71)61-39-12-8-36(9-13-39)33-82-57(78)65(4)20-21-66(22-25-80-27-24-69)58(79)83-46-30-45-42(50-35(3)6-5-7-43(46)50)18-19-67(45)55(76)44-29-38-28-40(31-59-52(38)63-44)62-53(74)37-10-14-41(70)15-11-37/h5-17,28-31,34,51,69-70H,18-27,32-33H2,1-4H3,(H,59,63)(H,60,75)(H,61,71)(H,62,74)(H,64,77). The molecule has 434 valence electrons. The number of aliphatic hydroxyl groups excluding tert-OH is 1. The van der Waals surface area contributed by atoms with E-state index in [1.54, 1.807) is 61.2 Å². The Morgan fingerprint density at radius 3 is 2.30 bits per heavy atom. The molecule has 2 aromatic heterocycles. The lowest BCUT2D eigenvalue weighted by molar-refractivity contribution is -0.137. The number of amides is 9. The fraction of sp³-hybridized carbons (Fsp3) is 0.310. The number of benzene rings is 4. The fourth-order valence-corrected chi connectivity index (χ4v) is 9.15. The maximum atomic E-state index is 14.3. The predicted molar refractivity (Wildman–Crippen MR) is 302 cm³/mol. The first-order chi connectivity index (χ1) is 39.9. The molecule has 8 rings (SSSR count). The van der Waals surface area contributed by atoms with Crippen LogP contribution >= 0.6 is 0 Å². The van der Waals surface area contributed by atoms with Crippen LogP contribution in [0.3, 0.4) is 0 Å². The van der Waals surface area contributed by atoms with E-state index in [2.05, 4.69) is 31.2 Å². The highest BCUT2D eigenvalue weighted by atomic mass is 16.6. The summed E-state index contributed by atoms with van der Waals surface area (Å²) in [6, 6.07) is 21.8. The van der Waals surface area contributed by atoms with Crippen LogP contribution in [0.15, 0.2) is 103 Å². The second-order valence-electron chi connectivity index (χ2n) is 19.7.